The van der Waals surface area contributed by atoms with Crippen molar-refractivity contribution >= 4 is 22.9 Å². The van der Waals surface area contributed by atoms with Crippen LogP contribution >= 0.6 is 11.3 Å². The minimum Gasteiger partial charge on any atom is -0.493 e. The van der Waals surface area contributed by atoms with E-state index >= 15 is 0 Å². The Morgan fingerprint density at radius 2 is 1.82 bits per heavy atom. The molecule has 3 heterocycles. The van der Waals surface area contributed by atoms with Crippen molar-refractivity contribution in [3.63, 3.8) is 0 Å². The summed E-state index contributed by atoms with van der Waals surface area (Å²) < 4.78 is 11.1. The Bertz CT molecular complexity index is 1240. The standard InChI is InChI=1S/C31H40N4O3S/c1-4-33-15-17-34(18-16-33)28-10-5-9-25-26(28)22-35(31(25)36)27(11-6-14-32-21-24-8-7-19-39-24)23-12-13-29(37-2)30(20-23)38-3/h5,7-10,12-13,19-20,27,32H,4,6,11,14-18,21-22H2,1-3H3. The maximum atomic E-state index is 13.9. The Balaban J connectivity index is 1.36. The maximum absolute atomic E-state index is 13.9. The first kappa shape index (κ1) is 27.5. The van der Waals surface area contributed by atoms with Crippen molar-refractivity contribution in [2.45, 2.75) is 38.9 Å². The summed E-state index contributed by atoms with van der Waals surface area (Å²) >= 11 is 1.77. The number of amides is 1. The van der Waals surface area contributed by atoms with E-state index in [4.69, 9.17) is 9.47 Å². The summed E-state index contributed by atoms with van der Waals surface area (Å²) in [6.07, 6.45) is 1.81. The average molecular weight is 549 g/mol. The minimum atomic E-state index is -0.0574. The van der Waals surface area contributed by atoms with Gasteiger partial charge >= 0.3 is 0 Å². The molecule has 208 valence electrons. The second-order valence-corrected chi connectivity index (χ2v) is 11.2. The van der Waals surface area contributed by atoms with Crippen molar-refractivity contribution in [3.8, 4) is 11.5 Å². The lowest BCUT2D eigenvalue weighted by atomic mass is 9.99. The highest BCUT2D eigenvalue weighted by Crippen LogP contribution is 2.40. The number of methoxy groups -OCH3 is 2. The van der Waals surface area contributed by atoms with Crippen LogP contribution in [0.2, 0.25) is 0 Å². The summed E-state index contributed by atoms with van der Waals surface area (Å²) in [5, 5.41) is 5.68. The smallest absolute Gasteiger partial charge is 0.255 e. The van der Waals surface area contributed by atoms with E-state index in [1.165, 1.54) is 10.6 Å². The molecule has 1 aromatic heterocycles. The van der Waals surface area contributed by atoms with Gasteiger partial charge in [0, 0.05) is 61.0 Å². The monoisotopic (exact) mass is 548 g/mol. The molecule has 1 saturated heterocycles. The summed E-state index contributed by atoms with van der Waals surface area (Å²) in [6, 6.07) is 16.5. The van der Waals surface area contributed by atoms with Gasteiger partial charge < -0.3 is 29.5 Å². The van der Waals surface area contributed by atoms with Crippen LogP contribution in [0.1, 0.15) is 52.2 Å². The van der Waals surface area contributed by atoms with Gasteiger partial charge in [0.2, 0.25) is 0 Å². The third-order valence-electron chi connectivity index (χ3n) is 8.01. The van der Waals surface area contributed by atoms with Crippen LogP contribution in [0, 0.1) is 0 Å². The molecule has 1 amide bonds. The van der Waals surface area contributed by atoms with Crippen molar-refractivity contribution in [3.05, 3.63) is 75.5 Å². The number of benzene rings is 2. The molecule has 2 aliphatic heterocycles. The molecule has 0 spiro atoms. The summed E-state index contributed by atoms with van der Waals surface area (Å²) in [6.45, 7) is 9.81. The number of rotatable bonds is 12. The van der Waals surface area contributed by atoms with Gasteiger partial charge in [-0.15, -0.1) is 11.3 Å². The Morgan fingerprint density at radius 1 is 1.00 bits per heavy atom. The van der Waals surface area contributed by atoms with Crippen molar-refractivity contribution in [1.82, 2.24) is 15.1 Å². The second kappa shape index (κ2) is 12.9. The van der Waals surface area contributed by atoms with E-state index in [0.29, 0.717) is 18.0 Å². The van der Waals surface area contributed by atoms with Gasteiger partial charge in [-0.1, -0.05) is 25.1 Å². The number of likely N-dealkylation sites (N-methyl/N-ethyl adjacent to an activating group) is 1. The van der Waals surface area contributed by atoms with E-state index in [0.717, 1.165) is 75.3 Å². The number of carbonyl (C=O) groups excluding carboxylic acids is 1. The van der Waals surface area contributed by atoms with Crippen LogP contribution in [0.3, 0.4) is 0 Å². The fourth-order valence-corrected chi connectivity index (χ4v) is 6.47. The topological polar surface area (TPSA) is 57.3 Å². The molecular weight excluding hydrogens is 508 g/mol. The number of piperazine rings is 1. The number of hydrogen-bond donors (Lipinski definition) is 1. The molecule has 39 heavy (non-hydrogen) atoms. The summed E-state index contributed by atoms with van der Waals surface area (Å²) in [4.78, 5) is 22.2. The van der Waals surface area contributed by atoms with E-state index in [1.807, 2.05) is 24.3 Å². The van der Waals surface area contributed by atoms with Gasteiger partial charge in [-0.05, 0) is 67.2 Å². The van der Waals surface area contributed by atoms with Gasteiger partial charge in [0.1, 0.15) is 0 Å². The zero-order valence-electron chi connectivity index (χ0n) is 23.3. The quantitative estimate of drug-likeness (QED) is 0.315. The molecule has 0 bridgehead atoms. The molecule has 1 N–H and O–H groups in total. The largest absolute Gasteiger partial charge is 0.493 e. The molecule has 7 nitrogen and oxygen atoms in total. The predicted molar refractivity (Wildman–Crippen MR) is 158 cm³/mol. The molecule has 2 aliphatic rings. The van der Waals surface area contributed by atoms with Gasteiger partial charge in [-0.2, -0.15) is 0 Å². The van der Waals surface area contributed by atoms with E-state index in [1.54, 1.807) is 25.6 Å². The van der Waals surface area contributed by atoms with E-state index in [-0.39, 0.29) is 11.9 Å². The van der Waals surface area contributed by atoms with Gasteiger partial charge in [0.25, 0.3) is 5.91 Å². The van der Waals surface area contributed by atoms with Crippen LogP contribution in [0.25, 0.3) is 0 Å². The summed E-state index contributed by atoms with van der Waals surface area (Å²) in [5.41, 5.74) is 4.29. The number of nitrogens with zero attached hydrogens (tertiary/aromatic N) is 3. The van der Waals surface area contributed by atoms with Crippen molar-refractivity contribution < 1.29 is 14.3 Å². The fourth-order valence-electron chi connectivity index (χ4n) is 5.80. The molecule has 3 aromatic rings. The summed E-state index contributed by atoms with van der Waals surface area (Å²) in [5.74, 6) is 1.50. The average Bonchev–Trinajstić information content (AvgIpc) is 3.62. The highest BCUT2D eigenvalue weighted by Gasteiger charge is 2.36. The Kier molecular flexibility index (Phi) is 9.06. The van der Waals surface area contributed by atoms with Crippen LogP contribution < -0.4 is 19.7 Å². The van der Waals surface area contributed by atoms with Crippen LogP contribution in [0.5, 0.6) is 11.5 Å². The third kappa shape index (κ3) is 6.08. The number of fused-ring (bicyclic) bond motifs is 1. The van der Waals surface area contributed by atoms with E-state index < -0.39 is 0 Å². The Morgan fingerprint density at radius 3 is 2.54 bits per heavy atom. The molecule has 0 saturated carbocycles. The number of thiophene rings is 1. The maximum Gasteiger partial charge on any atom is 0.255 e. The normalized spacial score (nSPS) is 16.4. The molecule has 1 unspecified atom stereocenters. The van der Waals surface area contributed by atoms with Gasteiger partial charge in [0.05, 0.1) is 20.3 Å². The number of anilines is 1. The molecule has 2 aromatic carbocycles. The Labute approximate surface area is 236 Å². The van der Waals surface area contributed by atoms with Crippen molar-refractivity contribution in [2.75, 3.05) is 58.4 Å². The van der Waals surface area contributed by atoms with Gasteiger partial charge in [-0.25, -0.2) is 0 Å². The zero-order valence-corrected chi connectivity index (χ0v) is 24.1. The first-order valence-corrected chi connectivity index (χ1v) is 14.9. The predicted octanol–water partition coefficient (Wildman–Crippen LogP) is 5.17. The lowest BCUT2D eigenvalue weighted by Crippen LogP contribution is -2.46. The fraction of sp³-hybridized carbons (Fsp3) is 0.452. The first-order valence-electron chi connectivity index (χ1n) is 14.0. The Hall–Kier alpha value is -3.07. The van der Waals surface area contributed by atoms with Gasteiger partial charge in [0.15, 0.2) is 11.5 Å². The molecule has 1 atom stereocenters. The van der Waals surface area contributed by atoms with Crippen molar-refractivity contribution in [1.29, 1.82) is 0 Å². The third-order valence-corrected chi connectivity index (χ3v) is 8.89. The molecule has 1 fully saturated rings. The number of nitrogens with one attached hydrogen (secondary N) is 1. The van der Waals surface area contributed by atoms with E-state index in [9.17, 15) is 4.79 Å². The number of carbonyl (C=O) groups is 1. The molecular formula is C31H40N4O3S. The highest BCUT2D eigenvalue weighted by molar-refractivity contribution is 7.09. The van der Waals surface area contributed by atoms with E-state index in [2.05, 4.69) is 56.6 Å². The lowest BCUT2D eigenvalue weighted by Gasteiger charge is -2.36. The second-order valence-electron chi connectivity index (χ2n) is 10.2. The number of ether oxygens (including phenoxy) is 2. The SMILES string of the molecule is CCN1CCN(c2cccc3c2CN(C(CCCNCc2cccs2)c2ccc(OC)c(OC)c2)C3=O)CC1. The first-order chi connectivity index (χ1) is 19.1. The lowest BCUT2D eigenvalue weighted by molar-refractivity contribution is 0.0689. The zero-order chi connectivity index (χ0) is 27.2. The molecule has 0 radical (unpaired) electrons. The van der Waals surface area contributed by atoms with Crippen LogP contribution in [-0.2, 0) is 13.1 Å². The molecule has 0 aliphatic carbocycles. The van der Waals surface area contributed by atoms with Gasteiger partial charge in [-0.3, -0.25) is 4.79 Å². The molecule has 5 rings (SSSR count). The molecule has 8 heteroatoms. The minimum absolute atomic E-state index is 0.0574. The van der Waals surface area contributed by atoms with Crippen LogP contribution in [-0.4, -0.2) is 69.2 Å². The highest BCUT2D eigenvalue weighted by atomic mass is 32.1. The van der Waals surface area contributed by atoms with Crippen LogP contribution in [0.4, 0.5) is 5.69 Å². The number of hydrogen-bond acceptors (Lipinski definition) is 7. The summed E-state index contributed by atoms with van der Waals surface area (Å²) in [7, 11) is 3.31. The van der Waals surface area contributed by atoms with Crippen LogP contribution in [0.15, 0.2) is 53.9 Å². The van der Waals surface area contributed by atoms with Crippen molar-refractivity contribution in [2.24, 2.45) is 0 Å².